The van der Waals surface area contributed by atoms with E-state index in [4.69, 9.17) is 14.2 Å². The minimum absolute atomic E-state index is 0.161. The number of hydrogen-bond donors (Lipinski definition) is 2. The summed E-state index contributed by atoms with van der Waals surface area (Å²) < 4.78 is 16.1. The molecule has 2 aliphatic heterocycles. The lowest BCUT2D eigenvalue weighted by atomic mass is 9.95. The number of benzene rings is 2. The molecular formula is C27H32N4O6. The van der Waals surface area contributed by atoms with Gasteiger partial charge in [0.15, 0.2) is 11.5 Å². The number of amides is 4. The van der Waals surface area contributed by atoms with Gasteiger partial charge in [0.05, 0.1) is 45.2 Å². The van der Waals surface area contributed by atoms with Crippen molar-refractivity contribution in [1.29, 1.82) is 0 Å². The highest BCUT2D eigenvalue weighted by molar-refractivity contribution is 6.03. The number of para-hydroxylation sites is 1. The fourth-order valence-corrected chi connectivity index (χ4v) is 4.69. The maximum Gasteiger partial charge on any atom is 0.322 e. The Bertz CT molecular complexity index is 1240. The van der Waals surface area contributed by atoms with Gasteiger partial charge in [0.2, 0.25) is 5.91 Å². The molecule has 4 rings (SSSR count). The molecular weight excluding hydrogens is 476 g/mol. The Hall–Kier alpha value is -4.21. The van der Waals surface area contributed by atoms with Gasteiger partial charge in [0.1, 0.15) is 11.8 Å². The SMILES string of the molecule is COc1ccc(CCNC(=O)C(C)N2CC3=C(C2=O)C(c2ccccc2OC)NC(=O)N3C)cc1OC. The Kier molecular flexibility index (Phi) is 7.56. The highest BCUT2D eigenvalue weighted by Gasteiger charge is 2.45. The minimum atomic E-state index is -0.731. The smallest absolute Gasteiger partial charge is 0.322 e. The molecule has 10 heteroatoms. The zero-order chi connectivity index (χ0) is 26.7. The van der Waals surface area contributed by atoms with Crippen LogP contribution in [0.15, 0.2) is 53.7 Å². The molecule has 0 aliphatic carbocycles. The molecule has 0 saturated carbocycles. The van der Waals surface area contributed by atoms with Crippen molar-refractivity contribution in [3.63, 3.8) is 0 Å². The first-order chi connectivity index (χ1) is 17.8. The van der Waals surface area contributed by atoms with E-state index >= 15 is 0 Å². The fraction of sp³-hybridized carbons (Fsp3) is 0.370. The van der Waals surface area contributed by atoms with E-state index in [9.17, 15) is 14.4 Å². The maximum absolute atomic E-state index is 13.6. The Morgan fingerprint density at radius 2 is 1.76 bits per heavy atom. The number of nitrogens with one attached hydrogen (secondary N) is 2. The van der Waals surface area contributed by atoms with Crippen LogP contribution in [0.3, 0.4) is 0 Å². The number of carbonyl (C=O) groups excluding carboxylic acids is 3. The zero-order valence-electron chi connectivity index (χ0n) is 21.7. The van der Waals surface area contributed by atoms with Crippen molar-refractivity contribution in [3.05, 3.63) is 64.9 Å². The summed E-state index contributed by atoms with van der Waals surface area (Å²) >= 11 is 0. The van der Waals surface area contributed by atoms with Gasteiger partial charge in [-0.2, -0.15) is 0 Å². The van der Waals surface area contributed by atoms with Crippen molar-refractivity contribution in [2.24, 2.45) is 0 Å². The van der Waals surface area contributed by atoms with E-state index in [2.05, 4.69) is 10.6 Å². The summed E-state index contributed by atoms with van der Waals surface area (Å²) in [5.74, 6) is 1.26. The van der Waals surface area contributed by atoms with Crippen LogP contribution < -0.4 is 24.8 Å². The van der Waals surface area contributed by atoms with Crippen molar-refractivity contribution >= 4 is 17.8 Å². The first kappa shape index (κ1) is 25.9. The van der Waals surface area contributed by atoms with Gasteiger partial charge in [-0.15, -0.1) is 0 Å². The fourth-order valence-electron chi connectivity index (χ4n) is 4.69. The number of carbonyl (C=O) groups is 3. The van der Waals surface area contributed by atoms with Crippen LogP contribution in [-0.2, 0) is 16.0 Å². The van der Waals surface area contributed by atoms with E-state index in [1.807, 2.05) is 36.4 Å². The predicted octanol–water partition coefficient (Wildman–Crippen LogP) is 2.25. The number of ether oxygens (including phenoxy) is 3. The average molecular weight is 509 g/mol. The molecule has 2 unspecified atom stereocenters. The van der Waals surface area contributed by atoms with Gasteiger partial charge in [-0.25, -0.2) is 4.79 Å². The summed E-state index contributed by atoms with van der Waals surface area (Å²) in [5, 5.41) is 5.82. The van der Waals surface area contributed by atoms with Crippen LogP contribution in [0.5, 0.6) is 17.2 Å². The lowest BCUT2D eigenvalue weighted by Gasteiger charge is -2.31. The molecule has 4 amide bonds. The highest BCUT2D eigenvalue weighted by atomic mass is 16.5. The third-order valence-corrected chi connectivity index (χ3v) is 6.85. The van der Waals surface area contributed by atoms with E-state index in [0.717, 1.165) is 5.56 Å². The van der Waals surface area contributed by atoms with Crippen LogP contribution in [0.4, 0.5) is 4.79 Å². The largest absolute Gasteiger partial charge is 0.496 e. The monoisotopic (exact) mass is 508 g/mol. The van der Waals surface area contributed by atoms with E-state index in [-0.39, 0.29) is 24.4 Å². The normalized spacial score (nSPS) is 17.8. The van der Waals surface area contributed by atoms with E-state index in [1.165, 1.54) is 9.80 Å². The standard InChI is InChI=1S/C27H32N4O6/c1-16(25(32)28-13-12-17-10-11-21(36-4)22(14-17)37-5)31-15-19-23(26(31)33)24(29-27(34)30(19)2)18-8-6-7-9-20(18)35-3/h6-11,14,16,24H,12-13,15H2,1-5H3,(H,28,32)(H,29,34). The van der Waals surface area contributed by atoms with Crippen LogP contribution in [0.1, 0.15) is 24.1 Å². The number of urea groups is 1. The Morgan fingerprint density at radius 3 is 2.46 bits per heavy atom. The third kappa shape index (κ3) is 4.91. The Morgan fingerprint density at radius 1 is 1.05 bits per heavy atom. The number of hydrogen-bond acceptors (Lipinski definition) is 6. The molecule has 0 aromatic heterocycles. The number of rotatable bonds is 9. The van der Waals surface area contributed by atoms with Crippen molar-refractivity contribution in [1.82, 2.24) is 20.4 Å². The summed E-state index contributed by atoms with van der Waals surface area (Å²) in [6.45, 7) is 2.24. The molecule has 2 N–H and O–H groups in total. The second-order valence-electron chi connectivity index (χ2n) is 8.88. The topological polar surface area (TPSA) is 109 Å². The van der Waals surface area contributed by atoms with Crippen LogP contribution in [0.25, 0.3) is 0 Å². The summed E-state index contributed by atoms with van der Waals surface area (Å²) in [4.78, 5) is 42.2. The minimum Gasteiger partial charge on any atom is -0.496 e. The van der Waals surface area contributed by atoms with Crippen LogP contribution >= 0.6 is 0 Å². The maximum atomic E-state index is 13.6. The molecule has 2 aromatic carbocycles. The molecule has 196 valence electrons. The Labute approximate surface area is 216 Å². The second kappa shape index (κ2) is 10.8. The van der Waals surface area contributed by atoms with Crippen molar-refractivity contribution in [2.75, 3.05) is 41.5 Å². The first-order valence-electron chi connectivity index (χ1n) is 12.0. The summed E-state index contributed by atoms with van der Waals surface area (Å²) in [6, 6.07) is 11.1. The summed E-state index contributed by atoms with van der Waals surface area (Å²) in [5.41, 5.74) is 2.68. The van der Waals surface area contributed by atoms with Gasteiger partial charge in [0, 0.05) is 19.2 Å². The van der Waals surface area contributed by atoms with Crippen LogP contribution in [0.2, 0.25) is 0 Å². The highest BCUT2D eigenvalue weighted by Crippen LogP contribution is 2.39. The zero-order valence-corrected chi connectivity index (χ0v) is 21.7. The summed E-state index contributed by atoms with van der Waals surface area (Å²) in [7, 11) is 6.31. The van der Waals surface area contributed by atoms with E-state index in [1.54, 1.807) is 41.4 Å². The Balaban J connectivity index is 1.46. The number of methoxy groups -OCH3 is 3. The van der Waals surface area contributed by atoms with Crippen molar-refractivity contribution in [2.45, 2.75) is 25.4 Å². The molecule has 37 heavy (non-hydrogen) atoms. The first-order valence-corrected chi connectivity index (χ1v) is 12.0. The van der Waals surface area contributed by atoms with Crippen molar-refractivity contribution < 1.29 is 28.6 Å². The van der Waals surface area contributed by atoms with Crippen LogP contribution in [0, 0.1) is 0 Å². The molecule has 0 spiro atoms. The molecule has 0 fully saturated rings. The van der Waals surface area contributed by atoms with Crippen molar-refractivity contribution in [3.8, 4) is 17.2 Å². The lowest BCUT2D eigenvalue weighted by Crippen LogP contribution is -2.47. The molecule has 2 atom stereocenters. The second-order valence-corrected chi connectivity index (χ2v) is 8.88. The molecule has 0 radical (unpaired) electrons. The van der Waals surface area contributed by atoms with Gasteiger partial charge >= 0.3 is 6.03 Å². The van der Waals surface area contributed by atoms with E-state index < -0.39 is 12.1 Å². The molecule has 2 aliphatic rings. The summed E-state index contributed by atoms with van der Waals surface area (Å²) in [6.07, 6.45) is 0.582. The predicted molar refractivity (Wildman–Crippen MR) is 136 cm³/mol. The van der Waals surface area contributed by atoms with Gasteiger partial charge in [-0.3, -0.25) is 14.5 Å². The van der Waals surface area contributed by atoms with Gasteiger partial charge in [-0.05, 0) is 37.1 Å². The molecule has 2 heterocycles. The van der Waals surface area contributed by atoms with Gasteiger partial charge in [0.25, 0.3) is 5.91 Å². The quantitative estimate of drug-likeness (QED) is 0.538. The molecule has 10 nitrogen and oxygen atoms in total. The van der Waals surface area contributed by atoms with E-state index in [0.29, 0.717) is 47.0 Å². The lowest BCUT2D eigenvalue weighted by molar-refractivity contribution is -0.135. The number of nitrogens with zero attached hydrogens (tertiary/aromatic N) is 2. The molecule has 0 saturated heterocycles. The van der Waals surface area contributed by atoms with Crippen LogP contribution in [-0.4, -0.2) is 75.2 Å². The number of likely N-dealkylation sites (N-methyl/N-ethyl adjacent to an activating group) is 1. The molecule has 0 bridgehead atoms. The molecule has 2 aromatic rings. The van der Waals surface area contributed by atoms with Gasteiger partial charge in [-0.1, -0.05) is 24.3 Å². The van der Waals surface area contributed by atoms with Gasteiger partial charge < -0.3 is 29.7 Å². The third-order valence-electron chi connectivity index (χ3n) is 6.85. The average Bonchev–Trinajstić information content (AvgIpc) is 3.27.